The largest absolute Gasteiger partial charge is 0.460 e. The van der Waals surface area contributed by atoms with Gasteiger partial charge < -0.3 is 24.4 Å². The fourth-order valence-electron chi connectivity index (χ4n) is 10.0. The molecule has 0 amide bonds. The van der Waals surface area contributed by atoms with Crippen molar-refractivity contribution in [2.24, 2.45) is 28.6 Å². The Morgan fingerprint density at radius 2 is 1.80 bits per heavy atom. The summed E-state index contributed by atoms with van der Waals surface area (Å²) < 4.78 is 17.9. The highest BCUT2D eigenvalue weighted by Crippen LogP contribution is 2.75. The number of hydrogen-bond acceptors (Lipinski definition) is 7. The number of hydrogen-bond donors (Lipinski definition) is 2. The Balaban J connectivity index is 1.23. The zero-order chi connectivity index (χ0) is 25.0. The molecule has 7 heteroatoms. The smallest absolute Gasteiger partial charge is 0.341 e. The summed E-state index contributed by atoms with van der Waals surface area (Å²) in [4.78, 5) is 26.0. The van der Waals surface area contributed by atoms with E-state index in [0.717, 1.165) is 19.3 Å². The first-order valence-electron chi connectivity index (χ1n) is 13.5. The van der Waals surface area contributed by atoms with Gasteiger partial charge in [0.15, 0.2) is 11.4 Å². The van der Waals surface area contributed by atoms with Gasteiger partial charge in [-0.25, -0.2) is 4.79 Å². The summed E-state index contributed by atoms with van der Waals surface area (Å²) in [5.41, 5.74) is -5.61. The fourth-order valence-corrected chi connectivity index (χ4v) is 10.0. The Hall–Kier alpha value is -1.28. The molecule has 0 radical (unpaired) electrons. The molecule has 1 spiro atoms. The van der Waals surface area contributed by atoms with Gasteiger partial charge in [-0.15, -0.1) is 0 Å². The van der Waals surface area contributed by atoms with Crippen LogP contribution in [0.15, 0.2) is 12.2 Å². The second-order valence-corrected chi connectivity index (χ2v) is 13.6. The van der Waals surface area contributed by atoms with E-state index in [9.17, 15) is 19.8 Å². The van der Waals surface area contributed by atoms with Crippen LogP contribution in [0.4, 0.5) is 0 Å². The fraction of sp³-hybridized carbons (Fsp3) is 0.857. The van der Waals surface area contributed by atoms with E-state index in [0.29, 0.717) is 25.7 Å². The zero-order valence-corrected chi connectivity index (χ0v) is 21.4. The van der Waals surface area contributed by atoms with Crippen molar-refractivity contribution in [1.82, 2.24) is 0 Å². The van der Waals surface area contributed by atoms with Crippen molar-refractivity contribution in [2.45, 2.75) is 120 Å². The van der Waals surface area contributed by atoms with Crippen LogP contribution in [-0.2, 0) is 23.8 Å². The number of carbonyl (C=O) groups excluding carboxylic acids is 2. The second-order valence-electron chi connectivity index (χ2n) is 13.6. The van der Waals surface area contributed by atoms with Crippen molar-refractivity contribution >= 4 is 11.8 Å². The number of aliphatic hydroxyl groups is 2. The predicted octanol–water partition coefficient (Wildman–Crippen LogP) is 2.85. The molecule has 0 bridgehead atoms. The van der Waals surface area contributed by atoms with Crippen molar-refractivity contribution in [2.75, 3.05) is 0 Å². The van der Waals surface area contributed by atoms with Crippen molar-refractivity contribution in [1.29, 1.82) is 0 Å². The maximum atomic E-state index is 13.3. The number of epoxide rings is 2. The molecule has 6 fully saturated rings. The Labute approximate surface area is 206 Å². The van der Waals surface area contributed by atoms with Crippen molar-refractivity contribution in [3.05, 3.63) is 12.2 Å². The number of cyclic esters (lactones) is 1. The summed E-state index contributed by atoms with van der Waals surface area (Å²) in [5, 5.41) is 24.9. The van der Waals surface area contributed by atoms with Crippen molar-refractivity contribution in [3.63, 3.8) is 0 Å². The van der Waals surface area contributed by atoms with Gasteiger partial charge in [-0.2, -0.15) is 0 Å². The third-order valence-electron chi connectivity index (χ3n) is 12.9. The van der Waals surface area contributed by atoms with Gasteiger partial charge in [0, 0.05) is 17.8 Å². The highest BCUT2D eigenvalue weighted by atomic mass is 16.7. The lowest BCUT2D eigenvalue weighted by Crippen LogP contribution is -2.69. The molecule has 3 saturated carbocycles. The summed E-state index contributed by atoms with van der Waals surface area (Å²) in [6.45, 7) is 9.75. The van der Waals surface area contributed by atoms with Gasteiger partial charge in [0.25, 0.3) is 0 Å². The molecule has 192 valence electrons. The predicted molar refractivity (Wildman–Crippen MR) is 124 cm³/mol. The van der Waals surface area contributed by atoms with Gasteiger partial charge in [0.2, 0.25) is 0 Å². The van der Waals surface area contributed by atoms with E-state index in [4.69, 9.17) is 14.2 Å². The van der Waals surface area contributed by atoms with E-state index >= 15 is 0 Å². The number of allylic oxidation sites excluding steroid dienone is 1. The number of esters is 1. The van der Waals surface area contributed by atoms with Crippen LogP contribution < -0.4 is 0 Å². The number of fused-ring (bicyclic) bond motifs is 5. The van der Waals surface area contributed by atoms with E-state index in [1.54, 1.807) is 13.0 Å². The Morgan fingerprint density at radius 1 is 1.06 bits per heavy atom. The Morgan fingerprint density at radius 3 is 2.51 bits per heavy atom. The highest BCUT2D eigenvalue weighted by molar-refractivity contribution is 5.97. The first-order chi connectivity index (χ1) is 16.2. The lowest BCUT2D eigenvalue weighted by atomic mass is 9.42. The number of rotatable bonds is 2. The average molecular weight is 487 g/mol. The third kappa shape index (κ3) is 2.19. The molecular formula is C28H38O7. The lowest BCUT2D eigenvalue weighted by molar-refractivity contribution is -0.241. The summed E-state index contributed by atoms with van der Waals surface area (Å²) in [6, 6.07) is 0. The van der Waals surface area contributed by atoms with Crippen LogP contribution in [-0.4, -0.2) is 62.2 Å². The van der Waals surface area contributed by atoms with Crippen LogP contribution in [0.25, 0.3) is 0 Å². The molecule has 3 heterocycles. The van der Waals surface area contributed by atoms with E-state index in [1.807, 2.05) is 26.8 Å². The van der Waals surface area contributed by atoms with Crippen LogP contribution in [0.5, 0.6) is 0 Å². The number of ether oxygens (including phenoxy) is 3. The van der Waals surface area contributed by atoms with E-state index in [1.165, 1.54) is 0 Å². The quantitative estimate of drug-likeness (QED) is 0.456. The summed E-state index contributed by atoms with van der Waals surface area (Å²) in [6.07, 6.45) is 7.46. The molecule has 0 aromatic heterocycles. The average Bonchev–Trinajstić information content (AvgIpc) is 3.64. The zero-order valence-electron chi connectivity index (χ0n) is 21.4. The minimum Gasteiger partial charge on any atom is -0.460 e. The maximum Gasteiger partial charge on any atom is 0.341 e. The van der Waals surface area contributed by atoms with Gasteiger partial charge in [0.1, 0.15) is 17.3 Å². The van der Waals surface area contributed by atoms with Crippen LogP contribution in [0, 0.1) is 28.6 Å². The monoisotopic (exact) mass is 486 g/mol. The van der Waals surface area contributed by atoms with E-state index < -0.39 is 44.9 Å². The summed E-state index contributed by atoms with van der Waals surface area (Å²) >= 11 is 0. The lowest BCUT2D eigenvalue weighted by Gasteiger charge is -2.62. The minimum atomic E-state index is -1.20. The molecular weight excluding hydrogens is 448 g/mol. The van der Waals surface area contributed by atoms with Crippen molar-refractivity contribution < 1.29 is 34.0 Å². The molecule has 35 heavy (non-hydrogen) atoms. The van der Waals surface area contributed by atoms with Gasteiger partial charge in [-0.05, 0) is 77.2 Å². The van der Waals surface area contributed by atoms with Crippen LogP contribution >= 0.6 is 0 Å². The molecule has 7 rings (SSSR count). The van der Waals surface area contributed by atoms with Gasteiger partial charge in [0.05, 0.1) is 22.7 Å². The number of carbonyl (C=O) groups is 2. The molecule has 0 aromatic carbocycles. The highest BCUT2D eigenvalue weighted by Gasteiger charge is 2.82. The molecule has 3 saturated heterocycles. The van der Waals surface area contributed by atoms with Crippen LogP contribution in [0.3, 0.4) is 0 Å². The molecule has 2 N–H and O–H groups in total. The second kappa shape index (κ2) is 6.06. The topological polar surface area (TPSA) is 109 Å². The maximum absolute atomic E-state index is 13.3. The Bertz CT molecular complexity index is 1090. The minimum absolute atomic E-state index is 0.0152. The van der Waals surface area contributed by atoms with Gasteiger partial charge >= 0.3 is 5.97 Å². The number of ketones is 1. The Kier molecular flexibility index (Phi) is 3.96. The van der Waals surface area contributed by atoms with Gasteiger partial charge in [-0.1, -0.05) is 19.9 Å². The first kappa shape index (κ1) is 22.9. The molecule has 7 aliphatic rings. The normalized spacial score (nSPS) is 62.6. The molecule has 0 aromatic rings. The third-order valence-corrected chi connectivity index (χ3v) is 12.9. The molecule has 4 aliphatic carbocycles. The van der Waals surface area contributed by atoms with E-state index in [-0.39, 0.29) is 35.6 Å². The molecule has 3 aliphatic heterocycles. The molecule has 7 nitrogen and oxygen atoms in total. The first-order valence-corrected chi connectivity index (χ1v) is 13.5. The SMILES string of the molecule is C[C@H]([C@H]1C[C@]2(C)O[C@]2(C)C(=O)O1)[C@]1(O)CC[C@]2(O)[C@@H]3C[C@H]4O[C@]45CC=CC(=O)[C@]5(C)[C@H]3CC[C@]12C. The van der Waals surface area contributed by atoms with Gasteiger partial charge in [-0.3, -0.25) is 4.79 Å². The van der Waals surface area contributed by atoms with Crippen molar-refractivity contribution in [3.8, 4) is 0 Å². The standard InChI is InChI=1S/C28H38O7/c1-15(18-14-23(3)25(5,35-23)21(30)33-18)26(31)11-12-27(32)17-13-20-28(34-20)9-6-7-19(29)24(28,4)16(17)8-10-22(26,27)2/h6-7,15-18,20,31-32H,8-14H2,1-5H3/t15-,16+,17-,18-,20-,22-,23+,24+,25-,26-,27+,28-/m1/s1. The van der Waals surface area contributed by atoms with Crippen LogP contribution in [0.2, 0.25) is 0 Å². The van der Waals surface area contributed by atoms with E-state index in [2.05, 4.69) is 6.92 Å². The molecule has 12 atom stereocenters. The summed E-state index contributed by atoms with van der Waals surface area (Å²) in [7, 11) is 0. The summed E-state index contributed by atoms with van der Waals surface area (Å²) in [5.74, 6) is -0.710. The molecule has 0 unspecified atom stereocenters. The van der Waals surface area contributed by atoms with Crippen LogP contribution in [0.1, 0.15) is 79.6 Å².